The first-order valence-electron chi connectivity index (χ1n) is 5.14. The van der Waals surface area contributed by atoms with Gasteiger partial charge in [-0.2, -0.15) is 0 Å². The van der Waals surface area contributed by atoms with E-state index in [0.717, 1.165) is 5.56 Å². The van der Waals surface area contributed by atoms with Gasteiger partial charge in [-0.1, -0.05) is 11.6 Å². The van der Waals surface area contributed by atoms with Crippen LogP contribution in [-0.4, -0.2) is 31.7 Å². The van der Waals surface area contributed by atoms with Crippen molar-refractivity contribution in [3.8, 4) is 17.1 Å². The van der Waals surface area contributed by atoms with Gasteiger partial charge < -0.3 is 4.74 Å². The maximum atomic E-state index is 5.81. The van der Waals surface area contributed by atoms with E-state index in [2.05, 4.69) is 20.2 Å². The average Bonchev–Trinajstić information content (AvgIpc) is 2.81. The molecule has 0 fully saturated rings. The number of aromatic nitrogens is 5. The Labute approximate surface area is 107 Å². The van der Waals surface area contributed by atoms with E-state index in [1.54, 1.807) is 36.3 Å². The maximum absolute atomic E-state index is 5.81. The van der Waals surface area contributed by atoms with Crippen molar-refractivity contribution in [2.45, 2.75) is 0 Å². The van der Waals surface area contributed by atoms with E-state index < -0.39 is 0 Å². The first-order chi connectivity index (χ1) is 8.79. The summed E-state index contributed by atoms with van der Waals surface area (Å²) in [6.45, 7) is 0. The number of pyridine rings is 1. The normalized spacial score (nSPS) is 10.8. The molecule has 0 aliphatic rings. The summed E-state index contributed by atoms with van der Waals surface area (Å²) in [7, 11) is 1.58. The Kier molecular flexibility index (Phi) is 2.56. The first-order valence-corrected chi connectivity index (χ1v) is 5.52. The predicted molar refractivity (Wildman–Crippen MR) is 65.6 cm³/mol. The van der Waals surface area contributed by atoms with Crippen molar-refractivity contribution in [1.29, 1.82) is 0 Å². The van der Waals surface area contributed by atoms with Gasteiger partial charge >= 0.3 is 0 Å². The summed E-state index contributed by atoms with van der Waals surface area (Å²) in [4.78, 5) is 8.01. The third-order valence-corrected chi connectivity index (χ3v) is 2.72. The number of ether oxygens (including phenoxy) is 1. The molecule has 0 aliphatic heterocycles. The maximum Gasteiger partial charge on any atom is 0.173 e. The lowest BCUT2D eigenvalue weighted by Gasteiger charge is -2.05. The summed E-state index contributed by atoms with van der Waals surface area (Å²) >= 11 is 5.81. The minimum atomic E-state index is 0.378. The largest absolute Gasteiger partial charge is 0.494 e. The summed E-state index contributed by atoms with van der Waals surface area (Å²) < 4.78 is 6.99. The van der Waals surface area contributed by atoms with Gasteiger partial charge in [-0.3, -0.25) is 9.38 Å². The SMILES string of the molecule is COc1cnccc1-c1nnc2cc(Cl)ncn12. The lowest BCUT2D eigenvalue weighted by Crippen LogP contribution is -1.94. The van der Waals surface area contributed by atoms with Crippen molar-refractivity contribution in [2.75, 3.05) is 7.11 Å². The number of halogens is 1. The van der Waals surface area contributed by atoms with Gasteiger partial charge in [0.25, 0.3) is 0 Å². The molecule has 18 heavy (non-hydrogen) atoms. The fraction of sp³-hybridized carbons (Fsp3) is 0.0909. The number of fused-ring (bicyclic) bond motifs is 1. The molecule has 0 radical (unpaired) electrons. The zero-order chi connectivity index (χ0) is 12.5. The van der Waals surface area contributed by atoms with Crippen LogP contribution in [0.15, 0.2) is 30.9 Å². The van der Waals surface area contributed by atoms with Crippen molar-refractivity contribution in [2.24, 2.45) is 0 Å². The zero-order valence-electron chi connectivity index (χ0n) is 9.41. The molecule has 0 bridgehead atoms. The highest BCUT2D eigenvalue weighted by Gasteiger charge is 2.13. The number of hydrogen-bond donors (Lipinski definition) is 0. The number of hydrogen-bond acceptors (Lipinski definition) is 5. The molecule has 0 atom stereocenters. The van der Waals surface area contributed by atoms with Crippen molar-refractivity contribution in [1.82, 2.24) is 24.6 Å². The van der Waals surface area contributed by atoms with Crippen LogP contribution in [0.3, 0.4) is 0 Å². The third-order valence-electron chi connectivity index (χ3n) is 2.51. The molecular weight excluding hydrogens is 254 g/mol. The zero-order valence-corrected chi connectivity index (χ0v) is 10.2. The van der Waals surface area contributed by atoms with Gasteiger partial charge in [0.15, 0.2) is 11.5 Å². The summed E-state index contributed by atoms with van der Waals surface area (Å²) in [5.74, 6) is 1.26. The summed E-state index contributed by atoms with van der Waals surface area (Å²) in [5, 5.41) is 8.54. The Balaban J connectivity index is 2.26. The Morgan fingerprint density at radius 2 is 2.22 bits per heavy atom. The van der Waals surface area contributed by atoms with Crippen LogP contribution in [0.2, 0.25) is 5.15 Å². The van der Waals surface area contributed by atoms with Crippen LogP contribution in [-0.2, 0) is 0 Å². The van der Waals surface area contributed by atoms with E-state index in [1.807, 2.05) is 6.07 Å². The highest BCUT2D eigenvalue weighted by Crippen LogP contribution is 2.27. The minimum Gasteiger partial charge on any atom is -0.494 e. The number of methoxy groups -OCH3 is 1. The fourth-order valence-electron chi connectivity index (χ4n) is 1.68. The molecule has 3 aromatic rings. The molecule has 0 aromatic carbocycles. The molecule has 7 heteroatoms. The lowest BCUT2D eigenvalue weighted by atomic mass is 10.2. The first kappa shape index (κ1) is 10.9. The van der Waals surface area contributed by atoms with E-state index in [1.165, 1.54) is 0 Å². The Morgan fingerprint density at radius 1 is 1.33 bits per heavy atom. The van der Waals surface area contributed by atoms with Crippen LogP contribution in [0.4, 0.5) is 0 Å². The van der Waals surface area contributed by atoms with E-state index >= 15 is 0 Å². The van der Waals surface area contributed by atoms with Gasteiger partial charge in [0.2, 0.25) is 0 Å². The van der Waals surface area contributed by atoms with Crippen LogP contribution >= 0.6 is 11.6 Å². The van der Waals surface area contributed by atoms with Crippen LogP contribution < -0.4 is 4.74 Å². The lowest BCUT2D eigenvalue weighted by molar-refractivity contribution is 0.414. The molecule has 0 saturated heterocycles. The second-order valence-electron chi connectivity index (χ2n) is 3.54. The minimum absolute atomic E-state index is 0.378. The van der Waals surface area contributed by atoms with E-state index in [0.29, 0.717) is 22.4 Å². The molecule has 0 amide bonds. The average molecular weight is 262 g/mol. The highest BCUT2D eigenvalue weighted by atomic mass is 35.5. The van der Waals surface area contributed by atoms with Crippen LogP contribution in [0.5, 0.6) is 5.75 Å². The molecule has 3 heterocycles. The third kappa shape index (κ3) is 1.67. The molecule has 90 valence electrons. The second kappa shape index (κ2) is 4.23. The van der Waals surface area contributed by atoms with Gasteiger partial charge in [-0.25, -0.2) is 4.98 Å². The predicted octanol–water partition coefficient (Wildman–Crippen LogP) is 1.85. The second-order valence-corrected chi connectivity index (χ2v) is 3.93. The van der Waals surface area contributed by atoms with Gasteiger partial charge in [-0.05, 0) is 6.07 Å². The van der Waals surface area contributed by atoms with Crippen LogP contribution in [0.25, 0.3) is 17.0 Å². The molecule has 0 aliphatic carbocycles. The molecule has 0 saturated carbocycles. The van der Waals surface area contributed by atoms with Crippen LogP contribution in [0, 0.1) is 0 Å². The summed E-state index contributed by atoms with van der Waals surface area (Å²) in [5.41, 5.74) is 1.42. The molecule has 3 aromatic heterocycles. The van der Waals surface area contributed by atoms with Crippen molar-refractivity contribution < 1.29 is 4.74 Å². The number of nitrogens with zero attached hydrogens (tertiary/aromatic N) is 5. The van der Waals surface area contributed by atoms with Gasteiger partial charge in [0.05, 0.1) is 18.9 Å². The highest BCUT2D eigenvalue weighted by molar-refractivity contribution is 6.29. The van der Waals surface area contributed by atoms with Crippen molar-refractivity contribution in [3.05, 3.63) is 36.0 Å². The standard InChI is InChI=1S/C11H8ClN5O/c1-18-8-5-13-3-2-7(8)11-16-15-10-4-9(12)14-6-17(10)11/h2-6H,1H3. The molecule has 3 rings (SSSR count). The van der Waals surface area contributed by atoms with Crippen molar-refractivity contribution in [3.63, 3.8) is 0 Å². The Bertz CT molecular complexity index is 711. The van der Waals surface area contributed by atoms with Crippen molar-refractivity contribution >= 4 is 17.2 Å². The Morgan fingerprint density at radius 3 is 3.06 bits per heavy atom. The molecule has 0 N–H and O–H groups in total. The van der Waals surface area contributed by atoms with E-state index in [9.17, 15) is 0 Å². The molecule has 6 nitrogen and oxygen atoms in total. The van der Waals surface area contributed by atoms with Gasteiger partial charge in [0.1, 0.15) is 17.2 Å². The molecular formula is C11H8ClN5O. The monoisotopic (exact) mass is 261 g/mol. The van der Waals surface area contributed by atoms with E-state index in [-0.39, 0.29) is 0 Å². The smallest absolute Gasteiger partial charge is 0.173 e. The topological polar surface area (TPSA) is 65.2 Å². The number of rotatable bonds is 2. The van der Waals surface area contributed by atoms with Crippen LogP contribution in [0.1, 0.15) is 0 Å². The van der Waals surface area contributed by atoms with Gasteiger partial charge in [0, 0.05) is 12.3 Å². The van der Waals surface area contributed by atoms with E-state index in [4.69, 9.17) is 16.3 Å². The quantitative estimate of drug-likeness (QED) is 0.659. The Hall–Kier alpha value is -2.21. The molecule has 0 spiro atoms. The summed E-state index contributed by atoms with van der Waals surface area (Å²) in [6.07, 6.45) is 4.87. The fourth-order valence-corrected chi connectivity index (χ4v) is 1.82. The molecule has 0 unspecified atom stereocenters. The summed E-state index contributed by atoms with van der Waals surface area (Å²) in [6, 6.07) is 3.45. The van der Waals surface area contributed by atoms with Gasteiger partial charge in [-0.15, -0.1) is 10.2 Å².